The molecule has 0 spiro atoms. The van der Waals surface area contributed by atoms with Crippen molar-refractivity contribution < 1.29 is 9.90 Å². The van der Waals surface area contributed by atoms with Gasteiger partial charge in [-0.05, 0) is 19.4 Å². The van der Waals surface area contributed by atoms with Gasteiger partial charge in [-0.2, -0.15) is 0 Å². The molecule has 1 saturated heterocycles. The van der Waals surface area contributed by atoms with Gasteiger partial charge in [0.15, 0.2) is 0 Å². The summed E-state index contributed by atoms with van der Waals surface area (Å²) < 4.78 is 0. The zero-order valence-corrected chi connectivity index (χ0v) is 15.5. The lowest BCUT2D eigenvalue weighted by molar-refractivity contribution is -0.139. The number of likely N-dealkylation sites (N-methyl/N-ethyl adjacent to an activating group) is 1. The van der Waals surface area contributed by atoms with Crippen LogP contribution < -0.4 is 0 Å². The number of piperidine rings is 1. The Bertz CT molecular complexity index is 516. The van der Waals surface area contributed by atoms with Gasteiger partial charge in [-0.3, -0.25) is 14.6 Å². The van der Waals surface area contributed by atoms with E-state index in [9.17, 15) is 4.79 Å². The molecule has 1 N–H and O–H groups in total. The number of nitrogens with zero attached hydrogens (tertiary/aromatic N) is 3. The molecular formula is C17H29N3O2S. The van der Waals surface area contributed by atoms with E-state index in [0.717, 1.165) is 39.0 Å². The number of carboxylic acids is 1. The summed E-state index contributed by atoms with van der Waals surface area (Å²) in [7, 11) is 0. The van der Waals surface area contributed by atoms with Gasteiger partial charge in [0.2, 0.25) is 0 Å². The zero-order chi connectivity index (χ0) is 17.0. The van der Waals surface area contributed by atoms with Crippen LogP contribution in [-0.2, 0) is 16.8 Å². The van der Waals surface area contributed by atoms with Crippen molar-refractivity contribution in [3.05, 3.63) is 16.1 Å². The fraction of sp³-hybridized carbons (Fsp3) is 0.765. The molecule has 130 valence electrons. The monoisotopic (exact) mass is 339 g/mol. The Hall–Kier alpha value is -0.980. The summed E-state index contributed by atoms with van der Waals surface area (Å²) in [5, 5.41) is 12.4. The molecule has 1 aliphatic rings. The van der Waals surface area contributed by atoms with Crippen LogP contribution in [0.1, 0.15) is 51.2 Å². The Morgan fingerprint density at radius 2 is 2.09 bits per heavy atom. The van der Waals surface area contributed by atoms with Crippen molar-refractivity contribution >= 4 is 17.3 Å². The second-order valence-electron chi connectivity index (χ2n) is 7.34. The maximum Gasteiger partial charge on any atom is 0.317 e. The molecule has 2 heterocycles. The molecule has 0 saturated carbocycles. The third kappa shape index (κ3) is 5.26. The molecule has 1 aliphatic heterocycles. The summed E-state index contributed by atoms with van der Waals surface area (Å²) in [6.07, 6.45) is 2.08. The third-order valence-corrected chi connectivity index (χ3v) is 5.33. The quantitative estimate of drug-likeness (QED) is 0.864. The van der Waals surface area contributed by atoms with Gasteiger partial charge in [0, 0.05) is 29.9 Å². The van der Waals surface area contributed by atoms with Crippen LogP contribution in [0.3, 0.4) is 0 Å². The first-order valence-corrected chi connectivity index (χ1v) is 9.30. The van der Waals surface area contributed by atoms with E-state index in [4.69, 9.17) is 10.1 Å². The van der Waals surface area contributed by atoms with E-state index < -0.39 is 5.97 Å². The topological polar surface area (TPSA) is 56.7 Å². The summed E-state index contributed by atoms with van der Waals surface area (Å²) in [5.41, 5.74) is 1.28. The molecule has 1 aromatic heterocycles. The highest BCUT2D eigenvalue weighted by Crippen LogP contribution is 2.25. The minimum absolute atomic E-state index is 0.111. The minimum atomic E-state index is -0.730. The maximum atomic E-state index is 10.9. The lowest BCUT2D eigenvalue weighted by atomic mass is 9.93. The van der Waals surface area contributed by atoms with Gasteiger partial charge in [-0.15, -0.1) is 11.3 Å². The molecule has 0 radical (unpaired) electrons. The van der Waals surface area contributed by atoms with Gasteiger partial charge in [0.05, 0.1) is 18.8 Å². The normalized spacial score (nSPS) is 17.8. The molecule has 0 aromatic carbocycles. The van der Waals surface area contributed by atoms with Crippen molar-refractivity contribution in [2.75, 3.05) is 26.2 Å². The number of carboxylic acid groups (broad SMARTS) is 1. The Morgan fingerprint density at radius 3 is 2.57 bits per heavy atom. The molecule has 0 atom stereocenters. The highest BCUT2D eigenvalue weighted by atomic mass is 32.1. The molecule has 2 rings (SSSR count). The molecule has 5 nitrogen and oxygen atoms in total. The Morgan fingerprint density at radius 1 is 1.43 bits per heavy atom. The van der Waals surface area contributed by atoms with E-state index in [1.165, 1.54) is 10.7 Å². The minimum Gasteiger partial charge on any atom is -0.480 e. The van der Waals surface area contributed by atoms with Gasteiger partial charge in [-0.25, -0.2) is 4.98 Å². The largest absolute Gasteiger partial charge is 0.480 e. The van der Waals surface area contributed by atoms with Gasteiger partial charge < -0.3 is 5.11 Å². The van der Waals surface area contributed by atoms with Crippen LogP contribution in [0.25, 0.3) is 0 Å². The number of thiazole rings is 1. The van der Waals surface area contributed by atoms with Crippen molar-refractivity contribution in [3.63, 3.8) is 0 Å². The number of aromatic nitrogens is 1. The summed E-state index contributed by atoms with van der Waals surface area (Å²) in [6.45, 7) is 12.5. The maximum absolute atomic E-state index is 10.9. The Labute approximate surface area is 143 Å². The molecule has 0 bridgehead atoms. The van der Waals surface area contributed by atoms with E-state index in [1.54, 1.807) is 11.3 Å². The van der Waals surface area contributed by atoms with Crippen molar-refractivity contribution in [1.29, 1.82) is 0 Å². The summed E-state index contributed by atoms with van der Waals surface area (Å²) in [4.78, 5) is 20.2. The Balaban J connectivity index is 1.85. The highest BCUT2D eigenvalue weighted by Gasteiger charge is 2.26. The molecule has 1 fully saturated rings. The van der Waals surface area contributed by atoms with Gasteiger partial charge in [-0.1, -0.05) is 27.7 Å². The van der Waals surface area contributed by atoms with Gasteiger partial charge in [0.1, 0.15) is 5.01 Å². The van der Waals surface area contributed by atoms with Crippen LogP contribution in [0, 0.1) is 0 Å². The SMILES string of the molecule is CCN(CC(=O)O)C1CCN(Cc2nc(C(C)(C)C)cs2)CC1. The van der Waals surface area contributed by atoms with Crippen LogP contribution in [0.15, 0.2) is 5.38 Å². The second-order valence-corrected chi connectivity index (χ2v) is 8.28. The first-order chi connectivity index (χ1) is 10.8. The van der Waals surface area contributed by atoms with Crippen LogP contribution in [-0.4, -0.2) is 58.1 Å². The standard InChI is InChI=1S/C17H29N3O2S/c1-5-20(11-16(21)22)13-6-8-19(9-7-13)10-15-18-14(12-23-15)17(2,3)4/h12-13H,5-11H2,1-4H3,(H,21,22). The number of likely N-dealkylation sites (tertiary alicyclic amines) is 1. The zero-order valence-electron chi connectivity index (χ0n) is 14.7. The average Bonchev–Trinajstić information content (AvgIpc) is 2.94. The fourth-order valence-corrected chi connectivity index (χ4v) is 4.10. The number of aliphatic carboxylic acids is 1. The number of rotatable bonds is 6. The van der Waals surface area contributed by atoms with Crippen molar-refractivity contribution in [3.8, 4) is 0 Å². The Kier molecular flexibility index (Phi) is 6.17. The van der Waals surface area contributed by atoms with E-state index in [2.05, 4.69) is 36.0 Å². The predicted molar refractivity (Wildman–Crippen MR) is 94.0 cm³/mol. The molecule has 0 unspecified atom stereocenters. The van der Waals surface area contributed by atoms with E-state index in [-0.39, 0.29) is 12.0 Å². The van der Waals surface area contributed by atoms with Crippen LogP contribution in [0.4, 0.5) is 0 Å². The molecular weight excluding hydrogens is 310 g/mol. The molecule has 0 amide bonds. The average molecular weight is 340 g/mol. The number of carbonyl (C=O) groups is 1. The molecule has 6 heteroatoms. The smallest absolute Gasteiger partial charge is 0.317 e. The third-order valence-electron chi connectivity index (χ3n) is 4.50. The van der Waals surface area contributed by atoms with E-state index in [0.29, 0.717) is 6.04 Å². The first kappa shape index (κ1) is 18.4. The van der Waals surface area contributed by atoms with Crippen LogP contribution in [0.2, 0.25) is 0 Å². The van der Waals surface area contributed by atoms with Crippen molar-refractivity contribution in [2.45, 2.75) is 58.5 Å². The van der Waals surface area contributed by atoms with E-state index >= 15 is 0 Å². The summed E-state index contributed by atoms with van der Waals surface area (Å²) in [6, 6.07) is 0.397. The molecule has 0 aliphatic carbocycles. The summed E-state index contributed by atoms with van der Waals surface area (Å²) in [5.74, 6) is -0.730. The first-order valence-electron chi connectivity index (χ1n) is 8.42. The second kappa shape index (κ2) is 7.73. The van der Waals surface area contributed by atoms with Crippen LogP contribution >= 0.6 is 11.3 Å². The summed E-state index contributed by atoms with van der Waals surface area (Å²) >= 11 is 1.75. The number of hydrogen-bond donors (Lipinski definition) is 1. The van der Waals surface area contributed by atoms with E-state index in [1.807, 2.05) is 6.92 Å². The lowest BCUT2D eigenvalue weighted by Crippen LogP contribution is -2.46. The lowest BCUT2D eigenvalue weighted by Gasteiger charge is -2.37. The predicted octanol–water partition coefficient (Wildman–Crippen LogP) is 2.81. The highest BCUT2D eigenvalue weighted by molar-refractivity contribution is 7.09. The molecule has 23 heavy (non-hydrogen) atoms. The molecule has 1 aromatic rings. The van der Waals surface area contributed by atoms with Gasteiger partial charge in [0.25, 0.3) is 0 Å². The van der Waals surface area contributed by atoms with Crippen molar-refractivity contribution in [1.82, 2.24) is 14.8 Å². The number of hydrogen-bond acceptors (Lipinski definition) is 5. The fourth-order valence-electron chi connectivity index (χ4n) is 3.03. The van der Waals surface area contributed by atoms with Crippen LogP contribution in [0.5, 0.6) is 0 Å². The van der Waals surface area contributed by atoms with Gasteiger partial charge >= 0.3 is 5.97 Å². The van der Waals surface area contributed by atoms with Crippen molar-refractivity contribution in [2.24, 2.45) is 0 Å².